The zero-order valence-corrected chi connectivity index (χ0v) is 11.3. The van der Waals surface area contributed by atoms with Gasteiger partial charge in [0.1, 0.15) is 11.8 Å². The van der Waals surface area contributed by atoms with E-state index in [1.54, 1.807) is 12.3 Å². The molecule has 92 valence electrons. The van der Waals surface area contributed by atoms with Crippen LogP contribution in [0.4, 0.5) is 5.69 Å². The van der Waals surface area contributed by atoms with E-state index >= 15 is 0 Å². The standard InChI is InChI=1S/C14H15N3S/c1-10(7-14-4-3-11(2)18-14)17-12-5-6-16-13(8-12)9-15/h3-6,8,10H,7H2,1-2H3,(H,16,17). The maximum atomic E-state index is 8.80. The second-order valence-electron chi connectivity index (χ2n) is 4.30. The lowest BCUT2D eigenvalue weighted by Crippen LogP contribution is -2.17. The number of hydrogen-bond acceptors (Lipinski definition) is 4. The van der Waals surface area contributed by atoms with Crippen molar-refractivity contribution in [1.82, 2.24) is 4.98 Å². The van der Waals surface area contributed by atoms with E-state index in [1.807, 2.05) is 23.5 Å². The molecule has 0 aliphatic rings. The van der Waals surface area contributed by atoms with Crippen LogP contribution < -0.4 is 5.32 Å². The molecule has 2 rings (SSSR count). The largest absolute Gasteiger partial charge is 0.382 e. The Balaban J connectivity index is 1.98. The molecular weight excluding hydrogens is 242 g/mol. The minimum atomic E-state index is 0.331. The molecule has 2 aromatic rings. The smallest absolute Gasteiger partial charge is 0.142 e. The van der Waals surface area contributed by atoms with Gasteiger partial charge in [-0.15, -0.1) is 11.3 Å². The molecule has 0 aliphatic carbocycles. The zero-order chi connectivity index (χ0) is 13.0. The molecule has 2 aromatic heterocycles. The first-order chi connectivity index (χ1) is 8.67. The molecule has 0 amide bonds. The van der Waals surface area contributed by atoms with Crippen LogP contribution in [0.25, 0.3) is 0 Å². The highest BCUT2D eigenvalue weighted by Gasteiger charge is 2.06. The molecule has 1 N–H and O–H groups in total. The van der Waals surface area contributed by atoms with Crippen molar-refractivity contribution < 1.29 is 0 Å². The van der Waals surface area contributed by atoms with Crippen LogP contribution in [0.2, 0.25) is 0 Å². The summed E-state index contributed by atoms with van der Waals surface area (Å²) in [5, 5.41) is 12.2. The predicted molar refractivity (Wildman–Crippen MR) is 74.8 cm³/mol. The fraction of sp³-hybridized carbons (Fsp3) is 0.286. The Kier molecular flexibility index (Phi) is 3.96. The Bertz CT molecular complexity index is 568. The van der Waals surface area contributed by atoms with Crippen molar-refractivity contribution in [3.05, 3.63) is 45.9 Å². The molecule has 0 saturated heterocycles. The van der Waals surface area contributed by atoms with Crippen molar-refractivity contribution in [3.63, 3.8) is 0 Å². The Hall–Kier alpha value is -1.86. The molecule has 0 spiro atoms. The molecular formula is C14H15N3S. The summed E-state index contributed by atoms with van der Waals surface area (Å²) in [4.78, 5) is 6.67. The van der Waals surface area contributed by atoms with E-state index in [9.17, 15) is 0 Å². The highest BCUT2D eigenvalue weighted by molar-refractivity contribution is 7.11. The van der Waals surface area contributed by atoms with Crippen molar-refractivity contribution in [1.29, 1.82) is 5.26 Å². The van der Waals surface area contributed by atoms with Gasteiger partial charge in [-0.3, -0.25) is 0 Å². The Morgan fingerprint density at radius 2 is 2.28 bits per heavy atom. The molecule has 4 heteroatoms. The van der Waals surface area contributed by atoms with Gasteiger partial charge in [0.05, 0.1) is 0 Å². The van der Waals surface area contributed by atoms with Crippen LogP contribution in [0.15, 0.2) is 30.5 Å². The van der Waals surface area contributed by atoms with Gasteiger partial charge in [0.15, 0.2) is 0 Å². The average Bonchev–Trinajstić information content (AvgIpc) is 2.74. The zero-order valence-electron chi connectivity index (χ0n) is 10.5. The molecule has 3 nitrogen and oxygen atoms in total. The number of nitrogens with zero attached hydrogens (tertiary/aromatic N) is 2. The minimum absolute atomic E-state index is 0.331. The highest BCUT2D eigenvalue weighted by atomic mass is 32.1. The summed E-state index contributed by atoms with van der Waals surface area (Å²) in [6.45, 7) is 4.26. The third-order valence-corrected chi connectivity index (χ3v) is 3.61. The fourth-order valence-electron chi connectivity index (χ4n) is 1.81. The number of thiophene rings is 1. The normalized spacial score (nSPS) is 11.8. The van der Waals surface area contributed by atoms with Gasteiger partial charge < -0.3 is 5.32 Å². The number of hydrogen-bond donors (Lipinski definition) is 1. The van der Waals surface area contributed by atoms with Gasteiger partial charge in [-0.1, -0.05) is 0 Å². The summed E-state index contributed by atoms with van der Waals surface area (Å²) in [5.41, 5.74) is 1.39. The summed E-state index contributed by atoms with van der Waals surface area (Å²) in [6, 6.07) is 10.4. The quantitative estimate of drug-likeness (QED) is 0.913. The molecule has 0 aliphatic heterocycles. The van der Waals surface area contributed by atoms with E-state index in [4.69, 9.17) is 5.26 Å². The van der Waals surface area contributed by atoms with Gasteiger partial charge in [-0.25, -0.2) is 4.98 Å². The number of aromatic nitrogens is 1. The third kappa shape index (κ3) is 3.31. The number of rotatable bonds is 4. The van der Waals surface area contributed by atoms with E-state index in [-0.39, 0.29) is 0 Å². The summed E-state index contributed by atoms with van der Waals surface area (Å²) in [5.74, 6) is 0. The monoisotopic (exact) mass is 257 g/mol. The lowest BCUT2D eigenvalue weighted by Gasteiger charge is -2.14. The van der Waals surface area contributed by atoms with Crippen LogP contribution in [-0.2, 0) is 6.42 Å². The van der Waals surface area contributed by atoms with E-state index < -0.39 is 0 Å². The molecule has 1 atom stereocenters. The van der Waals surface area contributed by atoms with Gasteiger partial charge in [-0.2, -0.15) is 5.26 Å². The molecule has 0 saturated carbocycles. The van der Waals surface area contributed by atoms with Crippen molar-refractivity contribution in [2.75, 3.05) is 5.32 Å². The Morgan fingerprint density at radius 1 is 1.44 bits per heavy atom. The summed E-state index contributed by atoms with van der Waals surface area (Å²) >= 11 is 1.83. The van der Waals surface area contributed by atoms with Crippen LogP contribution in [0.3, 0.4) is 0 Å². The summed E-state index contributed by atoms with van der Waals surface area (Å²) in [6.07, 6.45) is 2.64. The third-order valence-electron chi connectivity index (χ3n) is 2.59. The fourth-order valence-corrected chi connectivity index (χ4v) is 2.83. The Labute approximate surface area is 111 Å². The minimum Gasteiger partial charge on any atom is -0.382 e. The average molecular weight is 257 g/mol. The Morgan fingerprint density at radius 3 is 2.94 bits per heavy atom. The van der Waals surface area contributed by atoms with Crippen molar-refractivity contribution in [2.24, 2.45) is 0 Å². The number of aryl methyl sites for hydroxylation is 1. The molecule has 1 unspecified atom stereocenters. The van der Waals surface area contributed by atoms with Gasteiger partial charge in [0, 0.05) is 34.1 Å². The van der Waals surface area contributed by atoms with E-state index in [2.05, 4.69) is 36.3 Å². The van der Waals surface area contributed by atoms with E-state index in [0.29, 0.717) is 11.7 Å². The highest BCUT2D eigenvalue weighted by Crippen LogP contribution is 2.18. The number of anilines is 1. The molecule has 2 heterocycles. The van der Waals surface area contributed by atoms with Crippen LogP contribution in [-0.4, -0.2) is 11.0 Å². The number of nitriles is 1. The van der Waals surface area contributed by atoms with E-state index in [0.717, 1.165) is 12.1 Å². The van der Waals surface area contributed by atoms with Crippen LogP contribution in [0.5, 0.6) is 0 Å². The second-order valence-corrected chi connectivity index (χ2v) is 5.68. The van der Waals surface area contributed by atoms with Crippen LogP contribution in [0, 0.1) is 18.3 Å². The maximum Gasteiger partial charge on any atom is 0.142 e. The lowest BCUT2D eigenvalue weighted by molar-refractivity contribution is 0.800. The first-order valence-electron chi connectivity index (χ1n) is 5.85. The van der Waals surface area contributed by atoms with Crippen molar-refractivity contribution in [3.8, 4) is 6.07 Å². The molecule has 0 bridgehead atoms. The lowest BCUT2D eigenvalue weighted by atomic mass is 10.2. The van der Waals surface area contributed by atoms with Crippen molar-refractivity contribution in [2.45, 2.75) is 26.3 Å². The van der Waals surface area contributed by atoms with Gasteiger partial charge >= 0.3 is 0 Å². The van der Waals surface area contributed by atoms with Gasteiger partial charge in [0.25, 0.3) is 0 Å². The topological polar surface area (TPSA) is 48.7 Å². The first kappa shape index (κ1) is 12.6. The molecule has 18 heavy (non-hydrogen) atoms. The summed E-state index contributed by atoms with van der Waals surface area (Å²) in [7, 11) is 0. The second kappa shape index (κ2) is 5.65. The summed E-state index contributed by atoms with van der Waals surface area (Å²) < 4.78 is 0. The molecule has 0 fully saturated rings. The number of pyridine rings is 1. The number of nitrogens with one attached hydrogen (secondary N) is 1. The van der Waals surface area contributed by atoms with Crippen molar-refractivity contribution >= 4 is 17.0 Å². The predicted octanol–water partition coefficient (Wildman–Crippen LogP) is 3.37. The van der Waals surface area contributed by atoms with E-state index in [1.165, 1.54) is 9.75 Å². The maximum absolute atomic E-state index is 8.80. The van der Waals surface area contributed by atoms with Crippen LogP contribution in [0.1, 0.15) is 22.4 Å². The first-order valence-corrected chi connectivity index (χ1v) is 6.67. The molecule has 0 radical (unpaired) electrons. The van der Waals surface area contributed by atoms with Crippen LogP contribution >= 0.6 is 11.3 Å². The van der Waals surface area contributed by atoms with Gasteiger partial charge in [0.2, 0.25) is 0 Å². The van der Waals surface area contributed by atoms with Gasteiger partial charge in [-0.05, 0) is 38.1 Å². The molecule has 0 aromatic carbocycles. The SMILES string of the molecule is Cc1ccc(CC(C)Nc2ccnc(C#N)c2)s1.